The highest BCUT2D eigenvalue weighted by atomic mass is 19.1. The van der Waals surface area contributed by atoms with Gasteiger partial charge in [0.15, 0.2) is 23.0 Å². The lowest BCUT2D eigenvalue weighted by Gasteiger charge is -2.53. The number of carbonyl (C=O) groups excluding carboxylic acids is 4. The van der Waals surface area contributed by atoms with E-state index in [0.29, 0.717) is 17.7 Å². The molecule has 0 aromatic heterocycles. The lowest BCUT2D eigenvalue weighted by atomic mass is 9.52. The van der Waals surface area contributed by atoms with E-state index in [-0.39, 0.29) is 42.3 Å². The molecule has 1 aromatic rings. The van der Waals surface area contributed by atoms with Gasteiger partial charge in [0.05, 0.1) is 23.2 Å². The average Bonchev–Trinajstić information content (AvgIpc) is 3.30. The van der Waals surface area contributed by atoms with Crippen LogP contribution < -0.4 is 5.73 Å². The van der Waals surface area contributed by atoms with Crippen molar-refractivity contribution < 1.29 is 33.8 Å². The summed E-state index contributed by atoms with van der Waals surface area (Å²) >= 11 is 0. The van der Waals surface area contributed by atoms with Gasteiger partial charge in [-0.2, -0.15) is 0 Å². The molecular weight excluding hydrogens is 495 g/mol. The fourth-order valence-corrected chi connectivity index (χ4v) is 7.22. The van der Waals surface area contributed by atoms with Crippen LogP contribution in [-0.4, -0.2) is 80.8 Å². The van der Waals surface area contributed by atoms with Crippen LogP contribution in [0.2, 0.25) is 0 Å². The molecule has 1 aromatic carbocycles. The van der Waals surface area contributed by atoms with E-state index in [0.717, 1.165) is 6.42 Å². The Balaban J connectivity index is 1.62. The first-order valence-corrected chi connectivity index (χ1v) is 13.0. The molecule has 3 aliphatic carbocycles. The molecule has 11 heteroatoms. The summed E-state index contributed by atoms with van der Waals surface area (Å²) in [5, 5.41) is 31.4. The number of aliphatic hydroxyl groups is 1. The van der Waals surface area contributed by atoms with Crippen LogP contribution in [0.1, 0.15) is 53.7 Å². The van der Waals surface area contributed by atoms with E-state index in [1.54, 1.807) is 14.1 Å². The minimum Gasteiger partial charge on any atom is -0.507 e. The third-order valence-electron chi connectivity index (χ3n) is 9.37. The van der Waals surface area contributed by atoms with Gasteiger partial charge >= 0.3 is 0 Å². The van der Waals surface area contributed by atoms with E-state index in [9.17, 15) is 29.4 Å². The summed E-state index contributed by atoms with van der Waals surface area (Å²) in [4.78, 5) is 56.6. The van der Waals surface area contributed by atoms with Crippen molar-refractivity contribution in [2.75, 3.05) is 14.1 Å². The smallest absolute Gasteiger partial charge is 0.233 e. The summed E-state index contributed by atoms with van der Waals surface area (Å²) in [5.41, 5.74) is 2.47. The molecule has 2 fully saturated rings. The highest BCUT2D eigenvalue weighted by molar-refractivity contribution is 6.33. The summed E-state index contributed by atoms with van der Waals surface area (Å²) in [7, 11) is 3.11. The molecule has 5 N–H and O–H groups in total. The fourth-order valence-electron chi connectivity index (χ4n) is 7.22. The molecule has 4 aliphatic rings. The van der Waals surface area contributed by atoms with Gasteiger partial charge in [0.1, 0.15) is 17.5 Å². The van der Waals surface area contributed by atoms with Gasteiger partial charge in [-0.25, -0.2) is 4.39 Å². The number of likely N-dealkylation sites (N-methyl/N-ethyl adjacent to an activating group) is 1. The van der Waals surface area contributed by atoms with Gasteiger partial charge in [0.25, 0.3) is 0 Å². The second kappa shape index (κ2) is 8.75. The van der Waals surface area contributed by atoms with Crippen molar-refractivity contribution >= 4 is 29.0 Å². The average molecular weight is 529 g/mol. The van der Waals surface area contributed by atoms with Crippen LogP contribution in [0, 0.1) is 34.9 Å². The number of hydrogen-bond donors (Lipinski definition) is 4. The number of amides is 1. The standard InChI is InChI=1S/C27H33FN4O6/c1-5-10(2)32-8-13-14(9-32)21(33)17-12(19(13)28)6-11-7-15-20(31(3)4)23(35)18(26(30)37)24(29)27(15,38)25(36)16(11)22(17)34/h10-11,15-16,18,20,29,33,38H,5-9H2,1-4H3,(H2,30,37). The first-order valence-electron chi connectivity index (χ1n) is 13.0. The Bertz CT molecular complexity index is 1310. The van der Waals surface area contributed by atoms with Gasteiger partial charge in [0.2, 0.25) is 5.91 Å². The normalized spacial score (nSPS) is 33.6. The van der Waals surface area contributed by atoms with Crippen molar-refractivity contribution in [2.24, 2.45) is 29.4 Å². The maximum Gasteiger partial charge on any atom is 0.233 e. The second-order valence-corrected chi connectivity index (χ2v) is 11.5. The van der Waals surface area contributed by atoms with Crippen LogP contribution in [0.25, 0.3) is 0 Å². The van der Waals surface area contributed by atoms with Crippen LogP contribution in [0.5, 0.6) is 5.75 Å². The Morgan fingerprint density at radius 2 is 1.87 bits per heavy atom. The molecular formula is C27H33FN4O6. The van der Waals surface area contributed by atoms with Crippen molar-refractivity contribution in [3.8, 4) is 5.75 Å². The van der Waals surface area contributed by atoms with Gasteiger partial charge in [-0.15, -0.1) is 0 Å². The Hall–Kier alpha value is -3.02. The predicted octanol–water partition coefficient (Wildman–Crippen LogP) is 0.571. The van der Waals surface area contributed by atoms with Gasteiger partial charge in [-0.05, 0) is 46.2 Å². The van der Waals surface area contributed by atoms with Crippen molar-refractivity contribution in [3.63, 3.8) is 0 Å². The minimum atomic E-state index is -2.57. The number of ketones is 3. The Morgan fingerprint density at radius 3 is 2.45 bits per heavy atom. The number of phenolic OH excluding ortho intramolecular Hbond substituents is 1. The van der Waals surface area contributed by atoms with E-state index in [2.05, 4.69) is 0 Å². The van der Waals surface area contributed by atoms with Crippen LogP contribution >= 0.6 is 0 Å². The molecule has 1 heterocycles. The number of fused-ring (bicyclic) bond motifs is 4. The molecule has 0 spiro atoms. The highest BCUT2D eigenvalue weighted by Crippen LogP contribution is 2.52. The van der Waals surface area contributed by atoms with E-state index < -0.39 is 70.1 Å². The summed E-state index contributed by atoms with van der Waals surface area (Å²) in [6.45, 7) is 4.56. The Morgan fingerprint density at radius 1 is 1.24 bits per heavy atom. The molecule has 0 radical (unpaired) electrons. The molecule has 38 heavy (non-hydrogen) atoms. The fraction of sp³-hybridized carbons (Fsp3) is 0.593. The zero-order chi connectivity index (χ0) is 28.0. The van der Waals surface area contributed by atoms with Crippen molar-refractivity contribution in [3.05, 3.63) is 28.1 Å². The monoisotopic (exact) mass is 528 g/mol. The van der Waals surface area contributed by atoms with Crippen LogP contribution in [-0.2, 0) is 33.9 Å². The lowest BCUT2D eigenvalue weighted by Crippen LogP contribution is -2.73. The molecule has 204 valence electrons. The highest BCUT2D eigenvalue weighted by Gasteiger charge is 2.67. The number of phenols is 1. The van der Waals surface area contributed by atoms with Gasteiger partial charge in [-0.1, -0.05) is 6.92 Å². The Labute approximate surface area is 219 Å². The number of benzene rings is 1. The quantitative estimate of drug-likeness (QED) is 0.412. The van der Waals surface area contributed by atoms with E-state index in [1.807, 2.05) is 18.7 Å². The lowest BCUT2D eigenvalue weighted by molar-refractivity contribution is -0.157. The number of nitrogens with one attached hydrogen (secondary N) is 1. The zero-order valence-electron chi connectivity index (χ0n) is 21.9. The summed E-state index contributed by atoms with van der Waals surface area (Å²) < 4.78 is 15.9. The maximum absolute atomic E-state index is 15.9. The number of halogens is 1. The number of Topliss-reactive ketones (excluding diaryl/α,β-unsaturated/α-hetero) is 3. The van der Waals surface area contributed by atoms with E-state index in [4.69, 9.17) is 11.1 Å². The molecule has 2 saturated carbocycles. The van der Waals surface area contributed by atoms with Gasteiger partial charge in [0, 0.05) is 41.7 Å². The van der Waals surface area contributed by atoms with Crippen LogP contribution in [0.15, 0.2) is 0 Å². The summed E-state index contributed by atoms with van der Waals surface area (Å²) in [6.07, 6.45) is 0.745. The minimum absolute atomic E-state index is 0.0309. The topological polar surface area (TPSA) is 165 Å². The number of aromatic hydroxyl groups is 1. The first kappa shape index (κ1) is 26.6. The van der Waals surface area contributed by atoms with Crippen LogP contribution in [0.3, 0.4) is 0 Å². The predicted molar refractivity (Wildman–Crippen MR) is 133 cm³/mol. The largest absolute Gasteiger partial charge is 0.507 e. The molecule has 10 nitrogen and oxygen atoms in total. The van der Waals surface area contributed by atoms with Crippen molar-refractivity contribution in [1.29, 1.82) is 5.41 Å². The van der Waals surface area contributed by atoms with Gasteiger partial charge < -0.3 is 21.4 Å². The third kappa shape index (κ3) is 3.31. The van der Waals surface area contributed by atoms with E-state index >= 15 is 4.39 Å². The van der Waals surface area contributed by atoms with Gasteiger partial charge in [-0.3, -0.25) is 29.0 Å². The molecule has 0 saturated heterocycles. The number of rotatable bonds is 4. The summed E-state index contributed by atoms with van der Waals surface area (Å²) in [6, 6.07) is -0.990. The number of primary amides is 1. The molecule has 0 bridgehead atoms. The molecule has 7 atom stereocenters. The summed E-state index contributed by atoms with van der Waals surface area (Å²) in [5.74, 6) is -9.71. The number of nitrogens with two attached hydrogens (primary N) is 1. The maximum atomic E-state index is 15.9. The second-order valence-electron chi connectivity index (χ2n) is 11.5. The van der Waals surface area contributed by atoms with Crippen LogP contribution in [0.4, 0.5) is 4.39 Å². The number of nitrogens with zero attached hydrogens (tertiary/aromatic N) is 2. The molecule has 5 rings (SSSR count). The first-order chi connectivity index (χ1) is 17.8. The third-order valence-corrected chi connectivity index (χ3v) is 9.37. The molecule has 1 aliphatic heterocycles. The van der Waals surface area contributed by atoms with Crippen molar-refractivity contribution in [2.45, 2.75) is 63.9 Å². The SMILES string of the molecule is CCC(C)N1Cc2c(O)c3c(c(F)c2C1)CC1CC2C(N(C)C)C(=O)C(C(N)=O)C(=N)C2(O)C(=O)C1C3=O. The van der Waals surface area contributed by atoms with E-state index in [1.165, 1.54) is 4.90 Å². The number of hydrogen-bond acceptors (Lipinski definition) is 9. The van der Waals surface area contributed by atoms with Crippen molar-refractivity contribution in [1.82, 2.24) is 9.80 Å². The number of carbonyl (C=O) groups is 4. The Kier molecular flexibility index (Phi) is 6.12. The molecule has 1 amide bonds. The zero-order valence-corrected chi connectivity index (χ0v) is 21.9. The molecule has 7 unspecified atom stereocenters.